The Hall–Kier alpha value is -3.34. The molecule has 0 N–H and O–H groups in total. The lowest BCUT2D eigenvalue weighted by Gasteiger charge is -2.34. The zero-order valence-corrected chi connectivity index (χ0v) is 17.4. The molecule has 0 saturated carbocycles. The van der Waals surface area contributed by atoms with Crippen LogP contribution in [0.5, 0.6) is 0 Å². The van der Waals surface area contributed by atoms with E-state index in [0.717, 1.165) is 61.9 Å². The average Bonchev–Trinajstić information content (AvgIpc) is 2.84. The normalized spacial score (nSPS) is 16.5. The van der Waals surface area contributed by atoms with Crippen LogP contribution in [0.1, 0.15) is 22.4 Å². The smallest absolute Gasteiger partial charge is 0.180 e. The number of hydrogen-bond donors (Lipinski definition) is 0. The number of aromatic nitrogens is 3. The third-order valence-corrected chi connectivity index (χ3v) is 5.78. The van der Waals surface area contributed by atoms with E-state index < -0.39 is 0 Å². The number of hydrogen-bond acceptors (Lipinski definition) is 7. The van der Waals surface area contributed by atoms with E-state index in [9.17, 15) is 5.26 Å². The number of benzene rings is 1. The second-order valence-electron chi connectivity index (χ2n) is 7.88. The first-order chi connectivity index (χ1) is 15.3. The van der Waals surface area contributed by atoms with Crippen LogP contribution in [0.4, 0.5) is 5.82 Å². The lowest BCUT2D eigenvalue weighted by atomic mass is 10.0. The van der Waals surface area contributed by atoms with Crippen LogP contribution < -0.4 is 4.90 Å². The van der Waals surface area contributed by atoms with Gasteiger partial charge in [-0.3, -0.25) is 9.88 Å². The largest absolute Gasteiger partial charge is 0.378 e. The Kier molecular flexibility index (Phi) is 5.57. The first kappa shape index (κ1) is 19.6. The zero-order chi connectivity index (χ0) is 21.0. The summed E-state index contributed by atoms with van der Waals surface area (Å²) in [7, 11) is 0. The first-order valence-corrected chi connectivity index (χ1v) is 10.7. The second kappa shape index (κ2) is 8.80. The molecule has 0 unspecified atom stereocenters. The van der Waals surface area contributed by atoms with Crippen molar-refractivity contribution in [3.63, 3.8) is 0 Å². The fourth-order valence-corrected chi connectivity index (χ4v) is 4.23. The summed E-state index contributed by atoms with van der Waals surface area (Å²) in [5.41, 5.74) is 4.97. The van der Waals surface area contributed by atoms with Crippen LogP contribution in [0.2, 0.25) is 0 Å². The van der Waals surface area contributed by atoms with Crippen LogP contribution in [0.3, 0.4) is 0 Å². The number of pyridine rings is 1. The van der Waals surface area contributed by atoms with Crippen LogP contribution in [-0.4, -0.2) is 52.7 Å². The van der Waals surface area contributed by atoms with Gasteiger partial charge in [0.15, 0.2) is 5.82 Å². The van der Waals surface area contributed by atoms with Crippen molar-refractivity contribution in [3.05, 3.63) is 71.0 Å². The van der Waals surface area contributed by atoms with E-state index in [2.05, 4.69) is 26.9 Å². The molecular formula is C24H24N6O. The number of fused-ring (bicyclic) bond motifs is 1. The van der Waals surface area contributed by atoms with E-state index in [4.69, 9.17) is 14.7 Å². The highest BCUT2D eigenvalue weighted by Gasteiger charge is 2.26. The van der Waals surface area contributed by atoms with Gasteiger partial charge in [-0.15, -0.1) is 0 Å². The standard InChI is InChI=1S/C24H24N6O/c25-15-18-4-3-5-19(14-18)16-29-9-7-21-20(17-29)24(30-10-12-31-13-11-30)28-23(27-21)22-6-1-2-8-26-22/h1-6,8,14H,7,9-13,16-17H2. The third-order valence-electron chi connectivity index (χ3n) is 5.78. The maximum Gasteiger partial charge on any atom is 0.180 e. The van der Waals surface area contributed by atoms with Crippen molar-refractivity contribution in [1.29, 1.82) is 5.26 Å². The van der Waals surface area contributed by atoms with Crippen molar-refractivity contribution in [2.75, 3.05) is 37.7 Å². The summed E-state index contributed by atoms with van der Waals surface area (Å²) >= 11 is 0. The van der Waals surface area contributed by atoms with Crippen LogP contribution in [0, 0.1) is 11.3 Å². The van der Waals surface area contributed by atoms with Gasteiger partial charge < -0.3 is 9.64 Å². The van der Waals surface area contributed by atoms with Crippen molar-refractivity contribution in [2.45, 2.75) is 19.5 Å². The molecule has 1 saturated heterocycles. The summed E-state index contributed by atoms with van der Waals surface area (Å²) < 4.78 is 5.57. The summed E-state index contributed by atoms with van der Waals surface area (Å²) in [6.45, 7) is 5.60. The van der Waals surface area contributed by atoms with Crippen LogP contribution in [-0.2, 0) is 24.2 Å². The van der Waals surface area contributed by atoms with Gasteiger partial charge in [0.05, 0.1) is 30.5 Å². The Bertz CT molecular complexity index is 1100. The maximum atomic E-state index is 9.20. The SMILES string of the molecule is N#Cc1cccc(CN2CCc3nc(-c4ccccn4)nc(N4CCOCC4)c3C2)c1. The summed E-state index contributed by atoms with van der Waals surface area (Å²) in [4.78, 5) is 19.1. The molecule has 31 heavy (non-hydrogen) atoms. The maximum absolute atomic E-state index is 9.20. The Balaban J connectivity index is 1.47. The molecule has 7 nitrogen and oxygen atoms in total. The van der Waals surface area contributed by atoms with Crippen molar-refractivity contribution in [1.82, 2.24) is 19.9 Å². The molecule has 1 aromatic carbocycles. The van der Waals surface area contributed by atoms with Crippen molar-refractivity contribution < 1.29 is 4.74 Å². The second-order valence-corrected chi connectivity index (χ2v) is 7.88. The molecule has 0 spiro atoms. The minimum absolute atomic E-state index is 0.691. The first-order valence-electron chi connectivity index (χ1n) is 10.7. The van der Waals surface area contributed by atoms with E-state index >= 15 is 0 Å². The predicted octanol–water partition coefficient (Wildman–Crippen LogP) is 2.81. The molecule has 4 heterocycles. The van der Waals surface area contributed by atoms with Gasteiger partial charge in [-0.25, -0.2) is 9.97 Å². The molecule has 0 amide bonds. The molecule has 1 fully saturated rings. The predicted molar refractivity (Wildman–Crippen MR) is 117 cm³/mol. The number of rotatable bonds is 4. The number of anilines is 1. The highest BCUT2D eigenvalue weighted by Crippen LogP contribution is 2.30. The van der Waals surface area contributed by atoms with Gasteiger partial charge in [-0.2, -0.15) is 5.26 Å². The Morgan fingerprint density at radius 1 is 1.03 bits per heavy atom. The minimum Gasteiger partial charge on any atom is -0.378 e. The van der Waals surface area contributed by atoms with Gasteiger partial charge in [0, 0.05) is 50.9 Å². The number of nitriles is 1. The quantitative estimate of drug-likeness (QED) is 0.652. The van der Waals surface area contributed by atoms with E-state index in [1.165, 1.54) is 5.56 Å². The van der Waals surface area contributed by atoms with Gasteiger partial charge in [0.25, 0.3) is 0 Å². The van der Waals surface area contributed by atoms with E-state index in [0.29, 0.717) is 24.6 Å². The summed E-state index contributed by atoms with van der Waals surface area (Å²) in [6.07, 6.45) is 2.65. The van der Waals surface area contributed by atoms with E-state index in [-0.39, 0.29) is 0 Å². The molecule has 2 aliphatic heterocycles. The lowest BCUT2D eigenvalue weighted by Crippen LogP contribution is -2.39. The van der Waals surface area contributed by atoms with Gasteiger partial charge in [-0.1, -0.05) is 18.2 Å². The number of nitrogens with zero attached hydrogens (tertiary/aromatic N) is 6. The van der Waals surface area contributed by atoms with Crippen molar-refractivity contribution >= 4 is 5.82 Å². The molecule has 3 aromatic rings. The minimum atomic E-state index is 0.691. The Morgan fingerprint density at radius 3 is 2.74 bits per heavy atom. The number of morpholine rings is 1. The molecule has 7 heteroatoms. The Labute approximate surface area is 182 Å². The summed E-state index contributed by atoms with van der Waals surface area (Å²) in [6, 6.07) is 15.9. The molecule has 0 radical (unpaired) electrons. The molecule has 2 aromatic heterocycles. The molecule has 0 aliphatic carbocycles. The van der Waals surface area contributed by atoms with Gasteiger partial charge >= 0.3 is 0 Å². The topological polar surface area (TPSA) is 78.2 Å². The van der Waals surface area contributed by atoms with Crippen LogP contribution >= 0.6 is 0 Å². The van der Waals surface area contributed by atoms with Crippen molar-refractivity contribution in [2.24, 2.45) is 0 Å². The van der Waals surface area contributed by atoms with E-state index in [1.54, 1.807) is 6.20 Å². The molecule has 5 rings (SSSR count). The van der Waals surface area contributed by atoms with Crippen LogP contribution in [0.15, 0.2) is 48.7 Å². The fourth-order valence-electron chi connectivity index (χ4n) is 4.23. The highest BCUT2D eigenvalue weighted by molar-refractivity contribution is 5.58. The fraction of sp³-hybridized carbons (Fsp3) is 0.333. The van der Waals surface area contributed by atoms with E-state index in [1.807, 2.05) is 36.4 Å². The summed E-state index contributed by atoms with van der Waals surface area (Å²) in [5, 5.41) is 9.20. The van der Waals surface area contributed by atoms with Gasteiger partial charge in [-0.05, 0) is 29.8 Å². The van der Waals surface area contributed by atoms with Gasteiger partial charge in [0.2, 0.25) is 0 Å². The van der Waals surface area contributed by atoms with Gasteiger partial charge in [0.1, 0.15) is 11.5 Å². The van der Waals surface area contributed by atoms with Crippen LogP contribution in [0.25, 0.3) is 11.5 Å². The zero-order valence-electron chi connectivity index (χ0n) is 17.4. The molecule has 0 bridgehead atoms. The molecule has 0 atom stereocenters. The highest BCUT2D eigenvalue weighted by atomic mass is 16.5. The number of ether oxygens (including phenoxy) is 1. The molecule has 2 aliphatic rings. The Morgan fingerprint density at radius 2 is 1.94 bits per heavy atom. The lowest BCUT2D eigenvalue weighted by molar-refractivity contribution is 0.122. The average molecular weight is 412 g/mol. The monoisotopic (exact) mass is 412 g/mol. The third kappa shape index (κ3) is 4.26. The molecule has 156 valence electrons. The molecular weight excluding hydrogens is 388 g/mol. The summed E-state index contributed by atoms with van der Waals surface area (Å²) in [5.74, 6) is 1.69. The van der Waals surface area contributed by atoms with Crippen molar-refractivity contribution in [3.8, 4) is 17.6 Å².